The van der Waals surface area contributed by atoms with Crippen LogP contribution in [0.2, 0.25) is 0 Å². The van der Waals surface area contributed by atoms with Crippen LogP contribution in [0.3, 0.4) is 0 Å². The molecule has 3 aromatic carbocycles. The lowest BCUT2D eigenvalue weighted by Gasteiger charge is -2.13. The van der Waals surface area contributed by atoms with Crippen molar-refractivity contribution in [3.63, 3.8) is 0 Å². The summed E-state index contributed by atoms with van der Waals surface area (Å²) in [4.78, 5) is 38.7. The van der Waals surface area contributed by atoms with Crippen LogP contribution >= 0.6 is 0 Å². The summed E-state index contributed by atoms with van der Waals surface area (Å²) in [6, 6.07) is 23.5. The van der Waals surface area contributed by atoms with Crippen LogP contribution in [0.1, 0.15) is 27.0 Å². The standard InChI is InChI=1S/C28H26N4O3/c1-18-9-11-21(12-10-18)24-16-25(30-27(34)22-7-5-4-6-8-22)28(35)32(31-24)17-26(33)29-23-14-19(2)13-20(3)15-23/h4-16H,17H2,1-3H3,(H,29,33)(H,30,34). The van der Waals surface area contributed by atoms with E-state index in [1.165, 1.54) is 6.07 Å². The van der Waals surface area contributed by atoms with Gasteiger partial charge in [0, 0.05) is 16.8 Å². The number of aryl methyl sites for hydroxylation is 3. The van der Waals surface area contributed by atoms with Gasteiger partial charge in [-0.05, 0) is 62.2 Å². The first-order valence-corrected chi connectivity index (χ1v) is 11.2. The normalized spacial score (nSPS) is 10.6. The van der Waals surface area contributed by atoms with Gasteiger partial charge in [0.2, 0.25) is 5.91 Å². The number of nitrogens with zero attached hydrogens (tertiary/aromatic N) is 2. The highest BCUT2D eigenvalue weighted by Gasteiger charge is 2.16. The minimum Gasteiger partial charge on any atom is -0.324 e. The van der Waals surface area contributed by atoms with Gasteiger partial charge in [-0.1, -0.05) is 54.1 Å². The zero-order chi connectivity index (χ0) is 24.9. The van der Waals surface area contributed by atoms with Gasteiger partial charge in [-0.15, -0.1) is 0 Å². The maximum absolute atomic E-state index is 13.2. The molecule has 35 heavy (non-hydrogen) atoms. The molecule has 4 rings (SSSR count). The fraction of sp³-hybridized carbons (Fsp3) is 0.143. The third kappa shape index (κ3) is 5.89. The lowest BCUT2D eigenvalue weighted by molar-refractivity contribution is -0.117. The first-order chi connectivity index (χ1) is 16.8. The van der Waals surface area contributed by atoms with Crippen LogP contribution < -0.4 is 16.2 Å². The summed E-state index contributed by atoms with van der Waals surface area (Å²) in [5.74, 6) is -0.819. The lowest BCUT2D eigenvalue weighted by atomic mass is 10.1. The van der Waals surface area contributed by atoms with E-state index in [-0.39, 0.29) is 12.2 Å². The van der Waals surface area contributed by atoms with Crippen LogP contribution in [0.4, 0.5) is 11.4 Å². The number of carbonyl (C=O) groups is 2. The maximum Gasteiger partial charge on any atom is 0.291 e. The zero-order valence-corrected chi connectivity index (χ0v) is 19.8. The third-order valence-corrected chi connectivity index (χ3v) is 5.40. The third-order valence-electron chi connectivity index (χ3n) is 5.40. The average molecular weight is 467 g/mol. The summed E-state index contributed by atoms with van der Waals surface area (Å²) >= 11 is 0. The second kappa shape index (κ2) is 10.2. The number of hydrogen-bond acceptors (Lipinski definition) is 4. The summed E-state index contributed by atoms with van der Waals surface area (Å²) in [6.07, 6.45) is 0. The van der Waals surface area contributed by atoms with Gasteiger partial charge >= 0.3 is 0 Å². The Hall–Kier alpha value is -4.52. The van der Waals surface area contributed by atoms with Crippen molar-refractivity contribution in [2.75, 3.05) is 10.6 Å². The summed E-state index contributed by atoms with van der Waals surface area (Å²) in [6.45, 7) is 5.56. The number of nitrogens with one attached hydrogen (secondary N) is 2. The summed E-state index contributed by atoms with van der Waals surface area (Å²) in [5.41, 5.74) is 4.87. The highest BCUT2D eigenvalue weighted by molar-refractivity contribution is 6.04. The molecule has 0 aliphatic heterocycles. The molecule has 1 aromatic heterocycles. The number of amides is 2. The van der Waals surface area contributed by atoms with Gasteiger partial charge in [-0.2, -0.15) is 5.10 Å². The molecule has 1 heterocycles. The maximum atomic E-state index is 13.2. The SMILES string of the molecule is Cc1ccc(-c2cc(NC(=O)c3ccccc3)c(=O)n(CC(=O)Nc3cc(C)cc(C)c3)n2)cc1. The van der Waals surface area contributed by atoms with Gasteiger partial charge in [-0.3, -0.25) is 14.4 Å². The van der Waals surface area contributed by atoms with Crippen molar-refractivity contribution in [1.82, 2.24) is 9.78 Å². The molecule has 0 saturated carbocycles. The van der Waals surface area contributed by atoms with Crippen LogP contribution in [0, 0.1) is 20.8 Å². The zero-order valence-electron chi connectivity index (χ0n) is 19.8. The number of benzene rings is 3. The van der Waals surface area contributed by atoms with Crippen LogP contribution in [-0.2, 0) is 11.3 Å². The van der Waals surface area contributed by atoms with Crippen molar-refractivity contribution >= 4 is 23.2 Å². The molecule has 0 atom stereocenters. The molecule has 176 valence electrons. The smallest absolute Gasteiger partial charge is 0.291 e. The molecule has 2 N–H and O–H groups in total. The Morgan fingerprint density at radius 2 is 1.46 bits per heavy atom. The molecule has 0 radical (unpaired) electrons. The number of carbonyl (C=O) groups excluding carboxylic acids is 2. The fourth-order valence-corrected chi connectivity index (χ4v) is 3.77. The van der Waals surface area contributed by atoms with E-state index in [0.29, 0.717) is 16.9 Å². The van der Waals surface area contributed by atoms with E-state index in [4.69, 9.17) is 0 Å². The first-order valence-electron chi connectivity index (χ1n) is 11.2. The van der Waals surface area contributed by atoms with Crippen molar-refractivity contribution in [3.05, 3.63) is 111 Å². The monoisotopic (exact) mass is 466 g/mol. The molecule has 0 bridgehead atoms. The van der Waals surface area contributed by atoms with Gasteiger partial charge in [-0.25, -0.2) is 4.68 Å². The predicted octanol–water partition coefficient (Wildman–Crippen LogP) is 4.73. The molecule has 0 aliphatic carbocycles. The molecule has 0 fully saturated rings. The molecule has 2 amide bonds. The number of rotatable bonds is 6. The number of hydrogen-bond donors (Lipinski definition) is 2. The average Bonchev–Trinajstić information content (AvgIpc) is 2.82. The summed E-state index contributed by atoms with van der Waals surface area (Å²) < 4.78 is 1.08. The number of anilines is 2. The van der Waals surface area contributed by atoms with Crippen molar-refractivity contribution in [1.29, 1.82) is 0 Å². The Morgan fingerprint density at radius 3 is 2.11 bits per heavy atom. The Bertz CT molecular complexity index is 1420. The van der Waals surface area contributed by atoms with Crippen molar-refractivity contribution in [3.8, 4) is 11.3 Å². The van der Waals surface area contributed by atoms with Gasteiger partial charge in [0.1, 0.15) is 12.2 Å². The van der Waals surface area contributed by atoms with Gasteiger partial charge in [0.05, 0.1) is 5.69 Å². The Labute approximate surface area is 203 Å². The van der Waals surface area contributed by atoms with E-state index in [9.17, 15) is 14.4 Å². The topological polar surface area (TPSA) is 93.1 Å². The van der Waals surface area contributed by atoms with Crippen molar-refractivity contribution in [2.45, 2.75) is 27.3 Å². The van der Waals surface area contributed by atoms with E-state index >= 15 is 0 Å². The fourth-order valence-electron chi connectivity index (χ4n) is 3.77. The molecule has 0 unspecified atom stereocenters. The molecular weight excluding hydrogens is 440 g/mol. The summed E-state index contributed by atoms with van der Waals surface area (Å²) in [7, 11) is 0. The van der Waals surface area contributed by atoms with Gasteiger partial charge < -0.3 is 10.6 Å². The molecular formula is C28H26N4O3. The van der Waals surface area contributed by atoms with Crippen LogP contribution in [-0.4, -0.2) is 21.6 Å². The second-order valence-corrected chi connectivity index (χ2v) is 8.52. The largest absolute Gasteiger partial charge is 0.324 e. The quantitative estimate of drug-likeness (QED) is 0.430. The number of aromatic nitrogens is 2. The van der Waals surface area contributed by atoms with Gasteiger partial charge in [0.15, 0.2) is 0 Å². The highest BCUT2D eigenvalue weighted by Crippen LogP contribution is 2.20. The van der Waals surface area contributed by atoms with Crippen LogP contribution in [0.5, 0.6) is 0 Å². The van der Waals surface area contributed by atoms with Gasteiger partial charge in [0.25, 0.3) is 11.5 Å². The molecule has 0 saturated heterocycles. The van der Waals surface area contributed by atoms with E-state index in [1.54, 1.807) is 30.3 Å². The summed E-state index contributed by atoms with van der Waals surface area (Å²) in [5, 5.41) is 9.93. The minimum atomic E-state index is -0.569. The second-order valence-electron chi connectivity index (χ2n) is 8.52. The molecule has 4 aromatic rings. The molecule has 7 heteroatoms. The highest BCUT2D eigenvalue weighted by atomic mass is 16.2. The van der Waals surface area contributed by atoms with E-state index < -0.39 is 17.4 Å². The van der Waals surface area contributed by atoms with Crippen molar-refractivity contribution in [2.24, 2.45) is 0 Å². The van der Waals surface area contributed by atoms with Crippen LogP contribution in [0.25, 0.3) is 11.3 Å². The van der Waals surface area contributed by atoms with E-state index in [1.807, 2.05) is 63.2 Å². The predicted molar refractivity (Wildman–Crippen MR) is 138 cm³/mol. The van der Waals surface area contributed by atoms with E-state index in [0.717, 1.165) is 26.9 Å². The van der Waals surface area contributed by atoms with E-state index in [2.05, 4.69) is 15.7 Å². The Kier molecular flexibility index (Phi) is 6.87. The molecule has 0 aliphatic rings. The first kappa shape index (κ1) is 23.6. The molecule has 7 nitrogen and oxygen atoms in total. The lowest BCUT2D eigenvalue weighted by Crippen LogP contribution is -2.32. The Balaban J connectivity index is 1.68. The molecule has 0 spiro atoms. The van der Waals surface area contributed by atoms with Crippen LogP contribution in [0.15, 0.2) is 83.7 Å². The Morgan fingerprint density at radius 1 is 0.800 bits per heavy atom. The van der Waals surface area contributed by atoms with Crippen molar-refractivity contribution < 1.29 is 9.59 Å². The minimum absolute atomic E-state index is 0.0450.